The number of nitrogens with two attached hydrogens (primary N) is 1. The summed E-state index contributed by atoms with van der Waals surface area (Å²) in [5, 5.41) is 9.69. The molecule has 14 heavy (non-hydrogen) atoms. The molecule has 76 valence electrons. The minimum absolute atomic E-state index is 0.347. The molecule has 3 nitrogen and oxygen atoms in total. The van der Waals surface area contributed by atoms with Crippen LogP contribution in [0, 0.1) is 0 Å². The fraction of sp³-hybridized carbons (Fsp3) is 0.455. The average molecular weight is 193 g/mol. The van der Waals surface area contributed by atoms with Crippen LogP contribution >= 0.6 is 0 Å². The lowest BCUT2D eigenvalue weighted by atomic mass is 9.97. The third-order valence-corrected chi connectivity index (χ3v) is 2.59. The molecule has 0 radical (unpaired) electrons. The highest BCUT2D eigenvalue weighted by atomic mass is 16.5. The van der Waals surface area contributed by atoms with Gasteiger partial charge in [-0.25, -0.2) is 0 Å². The number of fused-ring (bicyclic) bond motifs is 1. The molecule has 1 aliphatic heterocycles. The summed E-state index contributed by atoms with van der Waals surface area (Å²) in [6.45, 7) is 1.34. The monoisotopic (exact) mass is 193 g/mol. The van der Waals surface area contributed by atoms with Crippen molar-refractivity contribution < 1.29 is 9.84 Å². The van der Waals surface area contributed by atoms with Gasteiger partial charge < -0.3 is 15.6 Å². The molecule has 0 aromatic heterocycles. The van der Waals surface area contributed by atoms with Crippen molar-refractivity contribution in [2.75, 3.05) is 13.2 Å². The van der Waals surface area contributed by atoms with E-state index in [1.165, 1.54) is 0 Å². The third kappa shape index (κ3) is 1.55. The Kier molecular flexibility index (Phi) is 2.59. The highest BCUT2D eigenvalue weighted by molar-refractivity contribution is 5.49. The summed E-state index contributed by atoms with van der Waals surface area (Å²) in [5.41, 5.74) is 7.61. The van der Waals surface area contributed by atoms with Gasteiger partial charge in [0.25, 0.3) is 0 Å². The highest BCUT2D eigenvalue weighted by Gasteiger charge is 2.16. The van der Waals surface area contributed by atoms with Gasteiger partial charge in [-0.2, -0.15) is 0 Å². The fourth-order valence-corrected chi connectivity index (χ4v) is 1.92. The van der Waals surface area contributed by atoms with E-state index < -0.39 is 0 Å². The molecule has 0 unspecified atom stereocenters. The van der Waals surface area contributed by atoms with Crippen LogP contribution in [-0.2, 0) is 12.8 Å². The number of phenols is 1. The molecule has 0 bridgehead atoms. The molecule has 2 rings (SSSR count). The van der Waals surface area contributed by atoms with Gasteiger partial charge in [-0.1, -0.05) is 0 Å². The van der Waals surface area contributed by atoms with Gasteiger partial charge in [0.15, 0.2) is 0 Å². The van der Waals surface area contributed by atoms with Crippen molar-refractivity contribution in [3.8, 4) is 11.5 Å². The van der Waals surface area contributed by atoms with E-state index in [1.807, 2.05) is 6.07 Å². The zero-order chi connectivity index (χ0) is 9.97. The van der Waals surface area contributed by atoms with Crippen molar-refractivity contribution in [2.24, 2.45) is 5.73 Å². The van der Waals surface area contributed by atoms with E-state index in [4.69, 9.17) is 10.5 Å². The molecular formula is C11H15NO2. The van der Waals surface area contributed by atoms with Crippen LogP contribution in [-0.4, -0.2) is 18.3 Å². The standard InChI is InChI=1S/C11H15NO2/c12-6-5-8-9-2-1-7-14-11(9)4-3-10(8)13/h3-4,13H,1-2,5-7,12H2. The Balaban J connectivity index is 2.43. The van der Waals surface area contributed by atoms with Crippen molar-refractivity contribution in [1.29, 1.82) is 0 Å². The summed E-state index contributed by atoms with van der Waals surface area (Å²) in [6, 6.07) is 3.53. The molecule has 0 amide bonds. The topological polar surface area (TPSA) is 55.5 Å². The van der Waals surface area contributed by atoms with Gasteiger partial charge in [-0.05, 0) is 37.9 Å². The molecule has 3 N–H and O–H groups in total. The van der Waals surface area contributed by atoms with Crippen molar-refractivity contribution in [2.45, 2.75) is 19.3 Å². The second-order valence-corrected chi connectivity index (χ2v) is 3.53. The van der Waals surface area contributed by atoms with E-state index in [2.05, 4.69) is 0 Å². The van der Waals surface area contributed by atoms with Crippen LogP contribution in [0.3, 0.4) is 0 Å². The lowest BCUT2D eigenvalue weighted by Gasteiger charge is -2.20. The first-order chi connectivity index (χ1) is 6.83. The number of rotatable bonds is 2. The van der Waals surface area contributed by atoms with E-state index in [9.17, 15) is 5.11 Å². The molecule has 3 heteroatoms. The average Bonchev–Trinajstić information content (AvgIpc) is 2.23. The summed E-state index contributed by atoms with van der Waals surface area (Å²) >= 11 is 0. The van der Waals surface area contributed by atoms with Gasteiger partial charge in [0.1, 0.15) is 11.5 Å². The van der Waals surface area contributed by atoms with Crippen molar-refractivity contribution in [1.82, 2.24) is 0 Å². The number of aromatic hydroxyl groups is 1. The Bertz CT molecular complexity index is 336. The van der Waals surface area contributed by atoms with Gasteiger partial charge >= 0.3 is 0 Å². The molecule has 1 aliphatic rings. The van der Waals surface area contributed by atoms with Crippen molar-refractivity contribution in [3.05, 3.63) is 23.3 Å². The van der Waals surface area contributed by atoms with Crippen LogP contribution in [0.1, 0.15) is 17.5 Å². The van der Waals surface area contributed by atoms with Crippen LogP contribution in [0.5, 0.6) is 11.5 Å². The molecule has 1 aromatic rings. The van der Waals surface area contributed by atoms with Gasteiger partial charge in [0.2, 0.25) is 0 Å². The summed E-state index contributed by atoms with van der Waals surface area (Å²) in [5.74, 6) is 1.26. The zero-order valence-electron chi connectivity index (χ0n) is 8.12. The Labute approximate surface area is 83.5 Å². The van der Waals surface area contributed by atoms with E-state index in [0.29, 0.717) is 12.3 Å². The lowest BCUT2D eigenvalue weighted by molar-refractivity contribution is 0.286. The first-order valence-electron chi connectivity index (χ1n) is 4.99. The van der Waals surface area contributed by atoms with Gasteiger partial charge in [-0.15, -0.1) is 0 Å². The Morgan fingerprint density at radius 1 is 1.43 bits per heavy atom. The highest BCUT2D eigenvalue weighted by Crippen LogP contribution is 2.33. The largest absolute Gasteiger partial charge is 0.508 e. The summed E-state index contributed by atoms with van der Waals surface area (Å²) in [7, 11) is 0. The third-order valence-electron chi connectivity index (χ3n) is 2.59. The molecule has 1 aromatic carbocycles. The second kappa shape index (κ2) is 3.88. The SMILES string of the molecule is NCCc1c(O)ccc2c1CCCO2. The molecule has 0 aliphatic carbocycles. The van der Waals surface area contributed by atoms with Crippen LogP contribution in [0.25, 0.3) is 0 Å². The van der Waals surface area contributed by atoms with Gasteiger partial charge in [-0.3, -0.25) is 0 Å². The predicted molar refractivity (Wildman–Crippen MR) is 54.7 cm³/mol. The van der Waals surface area contributed by atoms with Crippen LogP contribution in [0.15, 0.2) is 12.1 Å². The maximum absolute atomic E-state index is 9.69. The number of hydrogen-bond donors (Lipinski definition) is 2. The molecule has 0 spiro atoms. The zero-order valence-corrected chi connectivity index (χ0v) is 8.12. The van der Waals surface area contributed by atoms with Crippen LogP contribution in [0.2, 0.25) is 0 Å². The molecular weight excluding hydrogens is 178 g/mol. The summed E-state index contributed by atoms with van der Waals surface area (Å²) in [4.78, 5) is 0. The van der Waals surface area contributed by atoms with E-state index >= 15 is 0 Å². The predicted octanol–water partition coefficient (Wildman–Crippen LogP) is 1.22. The minimum Gasteiger partial charge on any atom is -0.508 e. The number of phenolic OH excluding ortho intramolecular Hbond substituents is 1. The first kappa shape index (κ1) is 9.34. The summed E-state index contributed by atoms with van der Waals surface area (Å²) in [6.07, 6.45) is 2.73. The number of hydrogen-bond acceptors (Lipinski definition) is 3. The molecule has 0 atom stereocenters. The number of ether oxygens (including phenoxy) is 1. The van der Waals surface area contributed by atoms with Crippen molar-refractivity contribution in [3.63, 3.8) is 0 Å². The quantitative estimate of drug-likeness (QED) is 0.742. The molecule has 0 saturated heterocycles. The maximum atomic E-state index is 9.69. The molecule has 0 fully saturated rings. The fourth-order valence-electron chi connectivity index (χ4n) is 1.92. The van der Waals surface area contributed by atoms with E-state index in [1.54, 1.807) is 6.07 Å². The molecule has 1 heterocycles. The Morgan fingerprint density at radius 3 is 3.07 bits per heavy atom. The smallest absolute Gasteiger partial charge is 0.123 e. The van der Waals surface area contributed by atoms with E-state index in [-0.39, 0.29) is 0 Å². The van der Waals surface area contributed by atoms with Gasteiger partial charge in [0.05, 0.1) is 6.61 Å². The lowest BCUT2D eigenvalue weighted by Crippen LogP contribution is -2.13. The van der Waals surface area contributed by atoms with Crippen molar-refractivity contribution >= 4 is 0 Å². The second-order valence-electron chi connectivity index (χ2n) is 3.53. The normalized spacial score (nSPS) is 14.6. The number of benzene rings is 1. The van der Waals surface area contributed by atoms with Crippen LogP contribution in [0.4, 0.5) is 0 Å². The maximum Gasteiger partial charge on any atom is 0.123 e. The van der Waals surface area contributed by atoms with Gasteiger partial charge in [0, 0.05) is 11.1 Å². The Hall–Kier alpha value is -1.22. The summed E-state index contributed by atoms with van der Waals surface area (Å²) < 4.78 is 5.51. The first-order valence-corrected chi connectivity index (χ1v) is 4.99. The Morgan fingerprint density at radius 2 is 2.29 bits per heavy atom. The minimum atomic E-state index is 0.347. The molecule has 0 saturated carbocycles. The van der Waals surface area contributed by atoms with E-state index in [0.717, 1.165) is 42.7 Å². The van der Waals surface area contributed by atoms with Crippen LogP contribution < -0.4 is 10.5 Å².